The summed E-state index contributed by atoms with van der Waals surface area (Å²) < 4.78 is 12.4. The first-order valence-electron chi connectivity index (χ1n) is 19.4. The quantitative estimate of drug-likeness (QED) is 0.0419. The smallest absolute Gasteiger partial charge is 0.311 e. The molecule has 0 amide bonds. The number of esters is 1. The van der Waals surface area contributed by atoms with Gasteiger partial charge in [-0.3, -0.25) is 4.79 Å². The molecule has 1 aliphatic heterocycles. The fraction of sp³-hybridized carbons (Fsp3) is 0.435. The van der Waals surface area contributed by atoms with Crippen molar-refractivity contribution in [2.24, 2.45) is 0 Å². The summed E-state index contributed by atoms with van der Waals surface area (Å²) in [5, 5.41) is 15.2. The molecule has 0 saturated carbocycles. The van der Waals surface area contributed by atoms with Crippen LogP contribution in [0.3, 0.4) is 0 Å². The highest BCUT2D eigenvalue weighted by molar-refractivity contribution is 7.95. The highest BCUT2D eigenvalue weighted by Gasteiger charge is 2.44. The molecule has 0 N–H and O–H groups in total. The molecule has 5 nitrogen and oxygen atoms in total. The molecule has 52 heavy (non-hydrogen) atoms. The monoisotopic (exact) mass is 720 g/mol. The Morgan fingerprint density at radius 1 is 0.673 bits per heavy atom. The number of fused-ring (bicyclic) bond motifs is 1. The lowest BCUT2D eigenvalue weighted by Crippen LogP contribution is -2.37. The molecule has 1 unspecified atom stereocenters. The minimum absolute atomic E-state index is 0.201. The third-order valence-electron chi connectivity index (χ3n) is 11.1. The van der Waals surface area contributed by atoms with Gasteiger partial charge in [-0.2, -0.15) is 0 Å². The van der Waals surface area contributed by atoms with E-state index in [0.29, 0.717) is 5.75 Å². The molecule has 0 aromatic heterocycles. The van der Waals surface area contributed by atoms with Crippen LogP contribution >= 0.6 is 7.26 Å². The van der Waals surface area contributed by atoms with Crippen LogP contribution in [0.1, 0.15) is 113 Å². The minimum Gasteiger partial charge on any atom is -0.550 e. The second kappa shape index (κ2) is 18.7. The summed E-state index contributed by atoms with van der Waals surface area (Å²) in [5.74, 6) is -0.344. The van der Waals surface area contributed by atoms with E-state index in [9.17, 15) is 14.7 Å². The number of ether oxygens (including phenoxy) is 2. The van der Waals surface area contributed by atoms with Crippen molar-refractivity contribution in [3.8, 4) is 11.5 Å². The van der Waals surface area contributed by atoms with Crippen molar-refractivity contribution in [2.75, 3.05) is 6.16 Å². The van der Waals surface area contributed by atoms with E-state index in [1.807, 2.05) is 20.8 Å². The Hall–Kier alpha value is -3.95. The summed E-state index contributed by atoms with van der Waals surface area (Å²) in [6, 6.07) is 33.7. The molecule has 1 aliphatic rings. The van der Waals surface area contributed by atoms with Crippen LogP contribution in [0.2, 0.25) is 0 Å². The first-order valence-corrected chi connectivity index (χ1v) is 21.4. The maximum absolute atomic E-state index is 12.3. The van der Waals surface area contributed by atoms with Crippen LogP contribution in [-0.2, 0) is 16.0 Å². The van der Waals surface area contributed by atoms with Gasteiger partial charge in [-0.1, -0.05) is 93.1 Å². The van der Waals surface area contributed by atoms with Gasteiger partial charge in [-0.15, -0.1) is 0 Å². The molecule has 276 valence electrons. The van der Waals surface area contributed by atoms with Gasteiger partial charge < -0.3 is 19.4 Å². The standard InChI is InChI=1S/C46H57O5P/c1-35-36(2)45-41(37(3)44(35)50-43(49)30-29-42(47)48)31-33-46(4,51-45)32-21-10-8-6-5-7-9-11-22-34-52(38-23-15-12-16-24-38,39-25-17-13-18-26-39)40-27-19-14-20-28-40/h12-20,23-28H,5-11,21-22,29-34H2,1-4H3. The number of carbonyl (C=O) groups is 2. The zero-order chi connectivity index (χ0) is 37.0. The Morgan fingerprint density at radius 2 is 1.15 bits per heavy atom. The van der Waals surface area contributed by atoms with Gasteiger partial charge in [-0.05, 0) is 126 Å². The second-order valence-electron chi connectivity index (χ2n) is 14.9. The van der Waals surface area contributed by atoms with Crippen LogP contribution in [0, 0.1) is 20.8 Å². The fourth-order valence-corrected chi connectivity index (χ4v) is 12.4. The number of benzene rings is 4. The van der Waals surface area contributed by atoms with Crippen molar-refractivity contribution in [1.29, 1.82) is 0 Å². The number of hydrogen-bond donors (Lipinski definition) is 0. The van der Waals surface area contributed by atoms with Gasteiger partial charge in [0.05, 0.1) is 12.6 Å². The zero-order valence-electron chi connectivity index (χ0n) is 31.8. The highest BCUT2D eigenvalue weighted by atomic mass is 31.2. The zero-order valence-corrected chi connectivity index (χ0v) is 32.6. The van der Waals surface area contributed by atoms with Crippen LogP contribution in [0.25, 0.3) is 0 Å². The van der Waals surface area contributed by atoms with Gasteiger partial charge in [0.2, 0.25) is 0 Å². The van der Waals surface area contributed by atoms with Crippen molar-refractivity contribution >= 4 is 35.1 Å². The van der Waals surface area contributed by atoms with Gasteiger partial charge >= 0.3 is 5.97 Å². The molecular weight excluding hydrogens is 663 g/mol. The van der Waals surface area contributed by atoms with E-state index in [1.54, 1.807) is 0 Å². The molecule has 0 saturated heterocycles. The molecule has 1 heterocycles. The van der Waals surface area contributed by atoms with Crippen LogP contribution in [-0.4, -0.2) is 23.7 Å². The van der Waals surface area contributed by atoms with Gasteiger partial charge in [-0.25, -0.2) is 0 Å². The summed E-state index contributed by atoms with van der Waals surface area (Å²) in [7, 11) is -1.73. The lowest BCUT2D eigenvalue weighted by Gasteiger charge is -2.38. The Bertz CT molecular complexity index is 1660. The molecule has 6 heteroatoms. The van der Waals surface area contributed by atoms with Crippen molar-refractivity contribution in [1.82, 2.24) is 0 Å². The van der Waals surface area contributed by atoms with E-state index >= 15 is 0 Å². The SMILES string of the molecule is Cc1c(C)c2c(c(C)c1OC(=O)CCC(=O)[O-])CCC(C)(CCCCCCCCCCC[P+](c1ccccc1)(c1ccccc1)c1ccccc1)O2. The van der Waals surface area contributed by atoms with Crippen LogP contribution in [0.4, 0.5) is 0 Å². The highest BCUT2D eigenvalue weighted by Crippen LogP contribution is 2.56. The Morgan fingerprint density at radius 3 is 1.65 bits per heavy atom. The van der Waals surface area contributed by atoms with Crippen LogP contribution in [0.5, 0.6) is 11.5 Å². The number of aliphatic carboxylic acids is 1. The molecule has 0 bridgehead atoms. The average Bonchev–Trinajstić information content (AvgIpc) is 3.16. The van der Waals surface area contributed by atoms with Crippen molar-refractivity contribution in [3.63, 3.8) is 0 Å². The molecular formula is C46H57O5P. The number of unbranched alkanes of at least 4 members (excludes halogenated alkanes) is 8. The number of rotatable bonds is 19. The largest absolute Gasteiger partial charge is 0.550 e. The summed E-state index contributed by atoms with van der Waals surface area (Å²) in [6.07, 6.45) is 14.8. The topological polar surface area (TPSA) is 75.7 Å². The first-order chi connectivity index (χ1) is 25.1. The Kier molecular flexibility index (Phi) is 14.1. The van der Waals surface area contributed by atoms with E-state index in [-0.39, 0.29) is 18.4 Å². The van der Waals surface area contributed by atoms with E-state index in [1.165, 1.54) is 73.4 Å². The molecule has 0 aliphatic carbocycles. The van der Waals surface area contributed by atoms with Crippen LogP contribution < -0.4 is 30.5 Å². The van der Waals surface area contributed by atoms with Gasteiger partial charge in [0, 0.05) is 11.5 Å². The maximum Gasteiger partial charge on any atom is 0.311 e. The van der Waals surface area contributed by atoms with E-state index in [0.717, 1.165) is 53.7 Å². The predicted octanol–water partition coefficient (Wildman–Crippen LogP) is 9.03. The Balaban J connectivity index is 1.05. The second-order valence-corrected chi connectivity index (χ2v) is 18.5. The predicted molar refractivity (Wildman–Crippen MR) is 214 cm³/mol. The molecule has 0 fully saturated rings. The van der Waals surface area contributed by atoms with Gasteiger partial charge in [0.25, 0.3) is 0 Å². The maximum atomic E-state index is 12.3. The summed E-state index contributed by atoms with van der Waals surface area (Å²) in [6.45, 7) is 8.16. The average molecular weight is 721 g/mol. The summed E-state index contributed by atoms with van der Waals surface area (Å²) in [5.41, 5.74) is 3.65. The van der Waals surface area contributed by atoms with Gasteiger partial charge in [0.1, 0.15) is 40.3 Å². The third kappa shape index (κ3) is 9.72. The number of carbonyl (C=O) groups excluding carboxylic acids is 2. The molecule has 0 spiro atoms. The number of hydrogen-bond acceptors (Lipinski definition) is 5. The molecule has 4 aromatic carbocycles. The van der Waals surface area contributed by atoms with E-state index < -0.39 is 19.2 Å². The molecule has 5 rings (SSSR count). The normalized spacial score (nSPS) is 15.5. The van der Waals surface area contributed by atoms with E-state index in [2.05, 4.69) is 97.9 Å². The van der Waals surface area contributed by atoms with Crippen molar-refractivity contribution in [2.45, 2.75) is 123 Å². The molecule has 1 atom stereocenters. The summed E-state index contributed by atoms with van der Waals surface area (Å²) >= 11 is 0. The van der Waals surface area contributed by atoms with E-state index in [4.69, 9.17) is 9.47 Å². The molecule has 0 radical (unpaired) electrons. The molecule has 4 aromatic rings. The van der Waals surface area contributed by atoms with Crippen molar-refractivity contribution < 1.29 is 24.2 Å². The van der Waals surface area contributed by atoms with Crippen LogP contribution in [0.15, 0.2) is 91.0 Å². The third-order valence-corrected chi connectivity index (χ3v) is 15.6. The Labute approximate surface area is 312 Å². The number of carboxylic acid groups (broad SMARTS) is 1. The fourth-order valence-electron chi connectivity index (χ4n) is 7.95. The lowest BCUT2D eigenvalue weighted by molar-refractivity contribution is -0.305. The lowest BCUT2D eigenvalue weighted by atomic mass is 9.84. The minimum atomic E-state index is -1.73. The van der Waals surface area contributed by atoms with Gasteiger partial charge in [0.15, 0.2) is 0 Å². The number of carboxylic acids is 1. The summed E-state index contributed by atoms with van der Waals surface area (Å²) in [4.78, 5) is 23.1. The first kappa shape index (κ1) is 39.3. The van der Waals surface area contributed by atoms with Crippen molar-refractivity contribution in [3.05, 3.63) is 113 Å².